The maximum Gasteiger partial charge on any atom is 0.631 e. The van der Waals surface area contributed by atoms with Gasteiger partial charge in [-0.1, -0.05) is 12.1 Å². The van der Waals surface area contributed by atoms with Crippen LogP contribution in [0.3, 0.4) is 0 Å². The van der Waals surface area contributed by atoms with Crippen LogP contribution in [0.1, 0.15) is 27.7 Å². The Kier molecular flexibility index (Phi) is 9.55. The van der Waals surface area contributed by atoms with Crippen LogP contribution in [0.25, 0.3) is 0 Å². The molecular formula is C12H21BF2O5. The molecule has 5 nitrogen and oxygen atoms in total. The first-order chi connectivity index (χ1) is 8.79. The zero-order chi connectivity index (χ0) is 16.6. The standard InChI is InChI=1S/C6H4F2.C6H14O2.BH3O3/c7-5-3-1-2-4-6(5)8;1-5(2,7)6(3,4)8;2-1(3)4/h1-4H;7-8H,1-4H3;2-4H. The fourth-order valence-corrected chi connectivity index (χ4v) is 0.439. The summed E-state index contributed by atoms with van der Waals surface area (Å²) in [5.74, 6) is -1.60. The molecule has 8 heteroatoms. The highest BCUT2D eigenvalue weighted by Gasteiger charge is 2.31. The van der Waals surface area contributed by atoms with Gasteiger partial charge in [0, 0.05) is 0 Å². The van der Waals surface area contributed by atoms with E-state index in [9.17, 15) is 8.78 Å². The largest absolute Gasteiger partial charge is 0.631 e. The minimum absolute atomic E-state index is 0.799. The highest BCUT2D eigenvalue weighted by atomic mass is 19.2. The molecule has 1 aromatic carbocycles. The normalized spacial score (nSPS) is 10.8. The highest BCUT2D eigenvalue weighted by Crippen LogP contribution is 2.19. The quantitative estimate of drug-likeness (QED) is 0.484. The first-order valence-corrected chi connectivity index (χ1v) is 5.68. The second kappa shape index (κ2) is 8.99. The number of benzene rings is 1. The third-order valence-electron chi connectivity index (χ3n) is 2.32. The van der Waals surface area contributed by atoms with Crippen LogP contribution < -0.4 is 0 Å². The van der Waals surface area contributed by atoms with Gasteiger partial charge in [0.15, 0.2) is 11.6 Å². The summed E-state index contributed by atoms with van der Waals surface area (Å²) in [6, 6.07) is 5.04. The Morgan fingerprint density at radius 1 is 0.800 bits per heavy atom. The first kappa shape index (κ1) is 21.2. The maximum absolute atomic E-state index is 11.9. The van der Waals surface area contributed by atoms with Crippen LogP contribution in [-0.2, 0) is 0 Å². The highest BCUT2D eigenvalue weighted by molar-refractivity contribution is 6.30. The molecule has 116 valence electrons. The lowest BCUT2D eigenvalue weighted by molar-refractivity contribution is -0.107. The van der Waals surface area contributed by atoms with Crippen molar-refractivity contribution in [2.75, 3.05) is 0 Å². The van der Waals surface area contributed by atoms with Crippen LogP contribution in [0.2, 0.25) is 0 Å². The zero-order valence-electron chi connectivity index (χ0n) is 11.9. The molecule has 0 bridgehead atoms. The van der Waals surface area contributed by atoms with Crippen LogP contribution in [0.4, 0.5) is 8.78 Å². The average Bonchev–Trinajstić information content (AvgIpc) is 2.19. The van der Waals surface area contributed by atoms with Crippen molar-refractivity contribution in [1.82, 2.24) is 0 Å². The molecule has 0 atom stereocenters. The van der Waals surface area contributed by atoms with E-state index in [1.165, 1.54) is 12.1 Å². The van der Waals surface area contributed by atoms with Crippen molar-refractivity contribution in [1.29, 1.82) is 0 Å². The van der Waals surface area contributed by atoms with Gasteiger partial charge in [-0.05, 0) is 39.8 Å². The SMILES string of the molecule is CC(C)(O)C(C)(C)O.Fc1ccccc1F.OB(O)O. The van der Waals surface area contributed by atoms with Crippen molar-refractivity contribution in [2.24, 2.45) is 0 Å². The van der Waals surface area contributed by atoms with Crippen molar-refractivity contribution < 1.29 is 34.1 Å². The van der Waals surface area contributed by atoms with Crippen LogP contribution >= 0.6 is 0 Å². The van der Waals surface area contributed by atoms with Crippen LogP contribution in [-0.4, -0.2) is 43.8 Å². The molecule has 0 fully saturated rings. The number of hydrogen-bond donors (Lipinski definition) is 5. The van der Waals surface area contributed by atoms with Crippen molar-refractivity contribution in [3.05, 3.63) is 35.9 Å². The topological polar surface area (TPSA) is 101 Å². The molecule has 0 aliphatic heterocycles. The fraction of sp³-hybridized carbons (Fsp3) is 0.500. The fourth-order valence-electron chi connectivity index (χ4n) is 0.439. The molecule has 0 aliphatic carbocycles. The van der Waals surface area contributed by atoms with Gasteiger partial charge in [-0.25, -0.2) is 8.78 Å². The molecule has 0 spiro atoms. The summed E-state index contributed by atoms with van der Waals surface area (Å²) in [6.07, 6.45) is 0. The molecule has 0 aliphatic rings. The number of rotatable bonds is 1. The first-order valence-electron chi connectivity index (χ1n) is 5.68. The average molecular weight is 294 g/mol. The molecule has 0 unspecified atom stereocenters. The minimum atomic E-state index is -2.17. The van der Waals surface area contributed by atoms with Gasteiger partial charge in [0.2, 0.25) is 0 Å². The second-order valence-electron chi connectivity index (χ2n) is 4.88. The predicted molar refractivity (Wildman–Crippen MR) is 71.4 cm³/mol. The van der Waals surface area contributed by atoms with E-state index in [0.29, 0.717) is 0 Å². The molecule has 5 N–H and O–H groups in total. The van der Waals surface area contributed by atoms with Crippen molar-refractivity contribution in [3.63, 3.8) is 0 Å². The summed E-state index contributed by atoms with van der Waals surface area (Å²) in [5, 5.41) is 39.7. The lowest BCUT2D eigenvalue weighted by atomic mass is 9.90. The summed E-state index contributed by atoms with van der Waals surface area (Å²) < 4.78 is 23.9. The van der Waals surface area contributed by atoms with Gasteiger partial charge >= 0.3 is 7.32 Å². The van der Waals surface area contributed by atoms with E-state index in [2.05, 4.69) is 0 Å². The smallest absolute Gasteiger partial charge is 0.402 e. The molecule has 0 saturated heterocycles. The molecule has 20 heavy (non-hydrogen) atoms. The van der Waals surface area contributed by atoms with E-state index < -0.39 is 30.2 Å². The molecule has 0 radical (unpaired) electrons. The van der Waals surface area contributed by atoms with Gasteiger partial charge in [-0.15, -0.1) is 0 Å². The Morgan fingerprint density at radius 3 is 1.10 bits per heavy atom. The molecule has 0 aromatic heterocycles. The van der Waals surface area contributed by atoms with Gasteiger partial charge in [0.05, 0.1) is 11.2 Å². The second-order valence-corrected chi connectivity index (χ2v) is 4.88. The Hall–Kier alpha value is -1.06. The Bertz CT molecular complexity index is 339. The van der Waals surface area contributed by atoms with E-state index in [1.807, 2.05) is 0 Å². The molecule has 0 saturated carbocycles. The van der Waals surface area contributed by atoms with Crippen LogP contribution in [0.15, 0.2) is 24.3 Å². The van der Waals surface area contributed by atoms with E-state index in [-0.39, 0.29) is 0 Å². The molecule has 1 aromatic rings. The van der Waals surface area contributed by atoms with Crippen molar-refractivity contribution in [2.45, 2.75) is 38.9 Å². The summed E-state index contributed by atoms with van der Waals surface area (Å²) >= 11 is 0. The van der Waals surface area contributed by atoms with Crippen molar-refractivity contribution >= 4 is 7.32 Å². The predicted octanol–water partition coefficient (Wildman–Crippen LogP) is 0.441. The number of aliphatic hydroxyl groups is 2. The van der Waals surface area contributed by atoms with E-state index >= 15 is 0 Å². The van der Waals surface area contributed by atoms with Crippen LogP contribution in [0, 0.1) is 11.6 Å². The van der Waals surface area contributed by atoms with Gasteiger partial charge in [0.25, 0.3) is 0 Å². The molecule has 1 rings (SSSR count). The minimum Gasteiger partial charge on any atom is -0.402 e. The monoisotopic (exact) mass is 294 g/mol. The Labute approximate surface area is 117 Å². The van der Waals surface area contributed by atoms with E-state index in [0.717, 1.165) is 12.1 Å². The zero-order valence-corrected chi connectivity index (χ0v) is 11.9. The number of hydrogen-bond acceptors (Lipinski definition) is 5. The lowest BCUT2D eigenvalue weighted by Crippen LogP contribution is -2.44. The lowest BCUT2D eigenvalue weighted by Gasteiger charge is -2.31. The Morgan fingerprint density at radius 2 is 1.00 bits per heavy atom. The van der Waals surface area contributed by atoms with Gasteiger partial charge in [-0.2, -0.15) is 0 Å². The maximum atomic E-state index is 11.9. The Balaban J connectivity index is 0. The summed E-state index contributed by atoms with van der Waals surface area (Å²) in [5.41, 5.74) is -2.01. The van der Waals surface area contributed by atoms with Crippen LogP contribution in [0.5, 0.6) is 0 Å². The number of halogens is 2. The third kappa shape index (κ3) is 12.0. The summed E-state index contributed by atoms with van der Waals surface area (Å²) in [4.78, 5) is 0. The third-order valence-corrected chi connectivity index (χ3v) is 2.32. The molecule has 0 heterocycles. The summed E-state index contributed by atoms with van der Waals surface area (Å²) in [7, 11) is -2.17. The summed E-state index contributed by atoms with van der Waals surface area (Å²) in [6.45, 7) is 6.31. The van der Waals surface area contributed by atoms with E-state index in [4.69, 9.17) is 25.3 Å². The molecular weight excluding hydrogens is 273 g/mol. The van der Waals surface area contributed by atoms with Gasteiger partial charge < -0.3 is 25.3 Å². The van der Waals surface area contributed by atoms with Gasteiger partial charge in [-0.3, -0.25) is 0 Å². The molecule has 0 amide bonds. The van der Waals surface area contributed by atoms with E-state index in [1.54, 1.807) is 27.7 Å². The van der Waals surface area contributed by atoms with Gasteiger partial charge in [0.1, 0.15) is 0 Å². The van der Waals surface area contributed by atoms with Crippen molar-refractivity contribution in [3.8, 4) is 0 Å².